The number of nitrogens with one attached hydrogen (secondary N) is 4. The molecule has 8 aliphatic rings. The molecule has 32 nitrogen and oxygen atoms in total. The standard InChI is InChI=1S/C24H32N6O3S.C23H30N6OS.C22H27ClN6O2S.C22H27FN6O2S/c1-33-8-9-34(31,32)28-13-17-4-2-5-19(10-17)21-15-30(24-22(21)23(25)26-16-27-24)20-11-18(12-20)14-29-6-3-7-29;1-31(25,30)9-6-16-4-2-5-18(10-16)20-14-29(23-21(20)22(24)26-15-27-23)19-11-17(12-19)13-28-7-3-8-28;2*1-32(30,31)27-10-14-5-16(9-17(23)6-14)19-12-29(22-20(19)21(24)25-13-26-22)18-7-15(8-18)11-28-3-2-4-28/h2,4-5,10,15-16,18,20,28H,3,6-9,11-14H2,1H3,(H2,25,26,27);2,4-5,10,14-15,17,19,25H,3,6-9,11-13H2,1H3,(H2,24,26,27);2*5-6,9,12-13,15,18,27H,2-4,7-8,10-11H2,1H3,(H2,24,25,26). The lowest BCUT2D eigenvalue weighted by Gasteiger charge is -2.42. The Labute approximate surface area is 758 Å². The van der Waals surface area contributed by atoms with Gasteiger partial charge in [-0.15, -0.1) is 0 Å². The molecule has 4 aliphatic carbocycles. The molecule has 1 atom stereocenters. The summed E-state index contributed by atoms with van der Waals surface area (Å²) in [4.78, 5) is 45.2. The van der Waals surface area contributed by atoms with E-state index in [2.05, 4.69) is 123 Å². The van der Waals surface area contributed by atoms with Crippen LogP contribution in [-0.2, 0) is 70.6 Å². The van der Waals surface area contributed by atoms with E-state index in [1.165, 1.54) is 155 Å². The maximum atomic E-state index is 14.4. The van der Waals surface area contributed by atoms with Crippen molar-refractivity contribution >= 4 is 119 Å². The zero-order valence-electron chi connectivity index (χ0n) is 73.4. The minimum atomic E-state index is -3.40. The summed E-state index contributed by atoms with van der Waals surface area (Å²) in [7, 11) is -11.1. The van der Waals surface area contributed by atoms with Crippen molar-refractivity contribution in [3.63, 3.8) is 0 Å². The van der Waals surface area contributed by atoms with Crippen LogP contribution in [0.5, 0.6) is 0 Å². The fourth-order valence-corrected chi connectivity index (χ4v) is 21.9. The van der Waals surface area contributed by atoms with E-state index in [0.717, 1.165) is 170 Å². The highest BCUT2D eigenvalue weighted by Crippen LogP contribution is 2.49. The van der Waals surface area contributed by atoms with Crippen LogP contribution in [0.4, 0.5) is 27.7 Å². The number of nitrogen functional groups attached to an aromatic ring is 4. The number of halogens is 2. The fourth-order valence-electron chi connectivity index (χ4n) is 19.2. The first kappa shape index (κ1) is 91.2. The molecule has 4 aliphatic heterocycles. The monoisotopic (exact) mass is 1850 g/mol. The Kier molecular flexibility index (Phi) is 27.3. The van der Waals surface area contributed by atoms with Crippen molar-refractivity contribution in [1.82, 2.24) is 91.9 Å². The summed E-state index contributed by atoms with van der Waals surface area (Å²) in [5.74, 6) is 4.50. The SMILES string of the molecule is COCCS(=O)(=O)NCc1cccc(-c2cn(C3CC(CN4CCC4)C3)c3ncnc(N)c23)c1.CS(=N)(=O)CCc1cccc(-c2cn(C3CC(CN4CCC4)C3)c3ncnc(N)c23)c1.CS(=O)(=O)NCc1cc(Cl)cc(-c2cn(C3CC(CN4CCC4)C3)c3ncnc(N)c23)c1.CS(=O)(=O)NCc1cc(F)cc(-c2cn(C3CC(CN4CCC4)C3)c3ncnc(N)c23)c1. The topological polar surface area (TPSA) is 429 Å². The summed E-state index contributed by atoms with van der Waals surface area (Å²) in [5.41, 5.74) is 38.9. The lowest BCUT2D eigenvalue weighted by Crippen LogP contribution is -2.43. The molecule has 4 saturated carbocycles. The van der Waals surface area contributed by atoms with E-state index >= 15 is 0 Å². The number of nitrogens with two attached hydrogens (primary N) is 4. The van der Waals surface area contributed by atoms with Gasteiger partial charge in [0.1, 0.15) is 77.0 Å². The molecule has 8 fully saturated rings. The third-order valence-electron chi connectivity index (χ3n) is 26.8. The fraction of sp³-hybridized carbons (Fsp3) is 0.473. The third kappa shape index (κ3) is 21.7. The molecule has 686 valence electrons. The van der Waals surface area contributed by atoms with Crippen LogP contribution in [0.2, 0.25) is 5.02 Å². The average Bonchev–Trinajstić information content (AvgIpc) is 1.61. The number of fused-ring (bicyclic) bond motifs is 4. The van der Waals surface area contributed by atoms with Gasteiger partial charge in [0.15, 0.2) is 0 Å². The Morgan fingerprint density at radius 2 is 0.744 bits per heavy atom. The molecule has 12 heterocycles. The predicted octanol–water partition coefficient (Wildman–Crippen LogP) is 11.5. The van der Waals surface area contributed by atoms with Gasteiger partial charge in [0, 0.05) is 151 Å². The summed E-state index contributed by atoms with van der Waals surface area (Å²) in [6.45, 7) is 15.2. The van der Waals surface area contributed by atoms with E-state index in [0.29, 0.717) is 87.1 Å². The number of sulfonamides is 3. The first-order chi connectivity index (χ1) is 61.8. The molecule has 38 heteroatoms. The van der Waals surface area contributed by atoms with Crippen LogP contribution in [0.3, 0.4) is 0 Å². The van der Waals surface area contributed by atoms with Crippen LogP contribution >= 0.6 is 11.6 Å². The van der Waals surface area contributed by atoms with Crippen LogP contribution < -0.4 is 37.1 Å². The summed E-state index contributed by atoms with van der Waals surface area (Å²) >= 11 is 6.38. The first-order valence-corrected chi connectivity index (χ1v) is 52.5. The van der Waals surface area contributed by atoms with E-state index in [1.807, 2.05) is 54.7 Å². The Morgan fingerprint density at radius 3 is 1.09 bits per heavy atom. The third-order valence-corrected chi connectivity index (χ3v) is 30.6. The Morgan fingerprint density at radius 1 is 0.419 bits per heavy atom. The minimum Gasteiger partial charge on any atom is -0.384 e. The van der Waals surface area contributed by atoms with Gasteiger partial charge in [-0.3, -0.25) is 8.99 Å². The van der Waals surface area contributed by atoms with Crippen LogP contribution in [-0.4, -0.2) is 230 Å². The Hall–Kier alpha value is -9.74. The summed E-state index contributed by atoms with van der Waals surface area (Å²) < 4.78 is 126. The Bertz CT molecular complexity index is 6380. The normalized spacial score (nSPS) is 21.7. The number of rotatable bonds is 31. The number of nitrogens with zero attached hydrogens (tertiary/aromatic N) is 16. The van der Waals surface area contributed by atoms with Crippen LogP contribution in [0.15, 0.2) is 135 Å². The molecule has 12 aromatic rings. The Balaban J connectivity index is 0.000000121. The molecule has 0 radical (unpaired) electrons. The smallest absolute Gasteiger partial charge is 0.214 e. The second-order valence-electron chi connectivity index (χ2n) is 36.6. The van der Waals surface area contributed by atoms with Crippen molar-refractivity contribution in [2.24, 2.45) is 23.7 Å². The van der Waals surface area contributed by atoms with E-state index in [-0.39, 0.29) is 32.0 Å². The number of benzene rings is 4. The largest absolute Gasteiger partial charge is 0.384 e. The number of anilines is 4. The van der Waals surface area contributed by atoms with Crippen LogP contribution in [0, 0.1) is 34.3 Å². The number of ether oxygens (including phenoxy) is 1. The van der Waals surface area contributed by atoms with Crippen molar-refractivity contribution in [2.75, 3.05) is 145 Å². The van der Waals surface area contributed by atoms with Crippen molar-refractivity contribution in [3.8, 4) is 44.5 Å². The zero-order valence-corrected chi connectivity index (χ0v) is 77.4. The van der Waals surface area contributed by atoms with E-state index in [4.69, 9.17) is 44.1 Å². The lowest BCUT2D eigenvalue weighted by molar-refractivity contribution is 0.0921. The second kappa shape index (κ2) is 38.6. The highest BCUT2D eigenvalue weighted by Gasteiger charge is 2.40. The molecule has 4 saturated heterocycles. The minimum absolute atomic E-state index is 0.00895. The highest BCUT2D eigenvalue weighted by atomic mass is 35.5. The van der Waals surface area contributed by atoms with Crippen molar-refractivity contribution in [3.05, 3.63) is 168 Å². The molecule has 0 bridgehead atoms. The van der Waals surface area contributed by atoms with Gasteiger partial charge in [0.05, 0.1) is 46.4 Å². The van der Waals surface area contributed by atoms with E-state index in [1.54, 1.807) is 18.5 Å². The van der Waals surface area contributed by atoms with Gasteiger partial charge in [-0.25, -0.2) is 83.7 Å². The number of methoxy groups -OCH3 is 1. The van der Waals surface area contributed by atoms with Gasteiger partial charge >= 0.3 is 0 Å². The zero-order chi connectivity index (χ0) is 90.2. The lowest BCUT2D eigenvalue weighted by atomic mass is 9.79. The summed E-state index contributed by atoms with van der Waals surface area (Å²) in [6, 6.07) is 27.8. The van der Waals surface area contributed by atoms with Crippen LogP contribution in [0.1, 0.15) is 123 Å². The molecule has 8 aromatic heterocycles. The number of hydrogen-bond donors (Lipinski definition) is 8. The summed E-state index contributed by atoms with van der Waals surface area (Å²) in [6.07, 6.45) is 33.1. The van der Waals surface area contributed by atoms with Crippen molar-refractivity contribution < 1.29 is 38.6 Å². The molecular formula is C91H116ClFN24O8S4. The molecule has 129 heavy (non-hydrogen) atoms. The predicted molar refractivity (Wildman–Crippen MR) is 507 cm³/mol. The van der Waals surface area contributed by atoms with Gasteiger partial charge in [0.2, 0.25) is 30.1 Å². The molecule has 1 unspecified atom stereocenters. The van der Waals surface area contributed by atoms with Gasteiger partial charge in [-0.05, 0) is 246 Å². The van der Waals surface area contributed by atoms with Crippen LogP contribution in [0.25, 0.3) is 88.6 Å². The van der Waals surface area contributed by atoms with Gasteiger partial charge in [-0.2, -0.15) is 0 Å². The van der Waals surface area contributed by atoms with Crippen molar-refractivity contribution in [1.29, 1.82) is 4.78 Å². The van der Waals surface area contributed by atoms with Gasteiger partial charge in [0.25, 0.3) is 0 Å². The number of aromatic nitrogens is 12. The maximum Gasteiger partial charge on any atom is 0.214 e. The van der Waals surface area contributed by atoms with Gasteiger partial charge < -0.3 is 65.5 Å². The van der Waals surface area contributed by atoms with Crippen molar-refractivity contribution in [2.45, 2.75) is 127 Å². The molecule has 0 amide bonds. The van der Waals surface area contributed by atoms with Gasteiger partial charge in [-0.1, -0.05) is 54.1 Å². The first-order valence-electron chi connectivity index (χ1n) is 44.5. The molecule has 12 N–H and O–H groups in total. The molecule has 20 rings (SSSR count). The van der Waals surface area contributed by atoms with E-state index < -0.39 is 45.6 Å². The average molecular weight is 1860 g/mol. The number of hydrogen-bond acceptors (Lipinski definition) is 25. The van der Waals surface area contributed by atoms with E-state index in [9.17, 15) is 33.9 Å². The molecule has 0 spiro atoms. The molecular weight excluding hydrogens is 1740 g/mol. The molecule has 4 aromatic carbocycles. The number of likely N-dealkylation sites (tertiary alicyclic amines) is 4. The number of aryl methyl sites for hydroxylation is 1. The maximum absolute atomic E-state index is 14.4. The second-order valence-corrected chi connectivity index (χ2v) is 45.0. The highest BCUT2D eigenvalue weighted by molar-refractivity contribution is 7.91. The quantitative estimate of drug-likeness (QED) is 0.0200. The summed E-state index contributed by atoms with van der Waals surface area (Å²) in [5, 5.41) is 3.80.